The van der Waals surface area contributed by atoms with Crippen molar-refractivity contribution in [3.63, 3.8) is 0 Å². The van der Waals surface area contributed by atoms with Gasteiger partial charge in [-0.05, 0) is 81.3 Å². The second kappa shape index (κ2) is 14.8. The van der Waals surface area contributed by atoms with Gasteiger partial charge < -0.3 is 15.0 Å². The van der Waals surface area contributed by atoms with E-state index in [0.717, 1.165) is 21.0 Å². The van der Waals surface area contributed by atoms with Crippen molar-refractivity contribution >= 4 is 39.1 Å². The second-order valence-corrected chi connectivity index (χ2v) is 14.4. The molecule has 4 aromatic rings. The molecule has 0 aliphatic rings. The van der Waals surface area contributed by atoms with Crippen LogP contribution in [0.4, 0.5) is 5.69 Å². The normalized spacial score (nSPS) is 12.2. The lowest BCUT2D eigenvalue weighted by molar-refractivity contribution is -0.140. The summed E-state index contributed by atoms with van der Waals surface area (Å²) < 4.78 is 34.6. The minimum absolute atomic E-state index is 0.0300. The summed E-state index contributed by atoms with van der Waals surface area (Å²) in [5.74, 6) is -0.407. The molecule has 0 radical (unpaired) electrons. The van der Waals surface area contributed by atoms with Gasteiger partial charge in [-0.1, -0.05) is 77.8 Å². The number of hydrogen-bond acceptors (Lipinski definition) is 5. The summed E-state index contributed by atoms with van der Waals surface area (Å²) in [5.41, 5.74) is 2.30. The maximum atomic E-state index is 14.6. The number of rotatable bonds is 12. The highest BCUT2D eigenvalue weighted by atomic mass is 35.5. The van der Waals surface area contributed by atoms with E-state index in [1.807, 2.05) is 82.3 Å². The molecule has 4 rings (SSSR count). The molecule has 0 saturated carbocycles. The summed E-state index contributed by atoms with van der Waals surface area (Å²) in [6, 6.07) is 28.4. The number of halogens is 1. The van der Waals surface area contributed by atoms with E-state index in [4.69, 9.17) is 16.3 Å². The van der Waals surface area contributed by atoms with E-state index in [0.29, 0.717) is 10.8 Å². The first kappa shape index (κ1) is 34.5. The lowest BCUT2D eigenvalue weighted by Gasteiger charge is -2.35. The Bertz CT molecular complexity index is 1760. The van der Waals surface area contributed by atoms with Crippen molar-refractivity contribution in [2.24, 2.45) is 0 Å². The van der Waals surface area contributed by atoms with Gasteiger partial charge >= 0.3 is 0 Å². The van der Waals surface area contributed by atoms with Crippen LogP contribution in [0.25, 0.3) is 0 Å². The van der Waals surface area contributed by atoms with Gasteiger partial charge in [0.05, 0.1) is 17.7 Å². The van der Waals surface area contributed by atoms with E-state index in [2.05, 4.69) is 5.32 Å². The number of amides is 2. The third-order valence-corrected chi connectivity index (χ3v) is 9.25. The lowest BCUT2D eigenvalue weighted by Crippen LogP contribution is -2.56. The molecule has 1 N–H and O–H groups in total. The molecule has 0 bridgehead atoms. The van der Waals surface area contributed by atoms with E-state index in [9.17, 15) is 18.0 Å². The Morgan fingerprint density at radius 2 is 1.52 bits per heavy atom. The van der Waals surface area contributed by atoms with Crippen molar-refractivity contribution in [3.05, 3.63) is 125 Å². The van der Waals surface area contributed by atoms with Crippen LogP contribution >= 0.6 is 11.6 Å². The van der Waals surface area contributed by atoms with E-state index in [1.54, 1.807) is 30.3 Å². The van der Waals surface area contributed by atoms with Crippen LogP contribution in [0, 0.1) is 6.92 Å². The predicted octanol–water partition coefficient (Wildman–Crippen LogP) is 6.41. The highest BCUT2D eigenvalue weighted by Crippen LogP contribution is 2.28. The molecule has 0 aliphatic carbocycles. The zero-order chi connectivity index (χ0) is 33.5. The number of nitrogens with zero attached hydrogens (tertiary/aromatic N) is 2. The van der Waals surface area contributed by atoms with E-state index in [-0.39, 0.29) is 29.5 Å². The van der Waals surface area contributed by atoms with E-state index in [1.165, 1.54) is 30.2 Å². The summed E-state index contributed by atoms with van der Waals surface area (Å²) in [6.45, 7) is 7.08. The largest absolute Gasteiger partial charge is 0.497 e. The molecule has 0 aromatic heterocycles. The van der Waals surface area contributed by atoms with Gasteiger partial charge in [0.15, 0.2) is 0 Å². The Kier molecular flexibility index (Phi) is 11.1. The lowest BCUT2D eigenvalue weighted by atomic mass is 10.0. The van der Waals surface area contributed by atoms with Gasteiger partial charge in [0.25, 0.3) is 10.0 Å². The highest BCUT2D eigenvalue weighted by Gasteiger charge is 2.35. The first-order chi connectivity index (χ1) is 21.8. The molecule has 0 saturated heterocycles. The zero-order valence-electron chi connectivity index (χ0n) is 26.7. The Labute approximate surface area is 277 Å². The predicted molar refractivity (Wildman–Crippen MR) is 183 cm³/mol. The Balaban J connectivity index is 1.82. The first-order valence-corrected chi connectivity index (χ1v) is 16.7. The van der Waals surface area contributed by atoms with Crippen LogP contribution < -0.4 is 14.4 Å². The van der Waals surface area contributed by atoms with E-state index < -0.39 is 34.1 Å². The molecule has 2 amide bonds. The summed E-state index contributed by atoms with van der Waals surface area (Å²) in [5, 5.41) is 3.35. The summed E-state index contributed by atoms with van der Waals surface area (Å²) >= 11 is 6.30. The van der Waals surface area contributed by atoms with Crippen molar-refractivity contribution in [2.75, 3.05) is 18.0 Å². The fourth-order valence-electron chi connectivity index (χ4n) is 5.05. The number of benzene rings is 4. The van der Waals surface area contributed by atoms with Gasteiger partial charge in [-0.3, -0.25) is 13.9 Å². The molecule has 1 atom stereocenters. The molecule has 0 heterocycles. The van der Waals surface area contributed by atoms with Crippen molar-refractivity contribution in [2.45, 2.75) is 57.1 Å². The molecule has 4 aromatic carbocycles. The Morgan fingerprint density at radius 3 is 2.13 bits per heavy atom. The number of sulfonamides is 1. The number of ether oxygens (including phenoxy) is 1. The van der Waals surface area contributed by atoms with Crippen molar-refractivity contribution in [1.29, 1.82) is 0 Å². The van der Waals surface area contributed by atoms with Crippen molar-refractivity contribution in [1.82, 2.24) is 10.2 Å². The number of hydrogen-bond donors (Lipinski definition) is 1. The van der Waals surface area contributed by atoms with Gasteiger partial charge in [-0.15, -0.1) is 0 Å². The SMILES string of the molecule is COc1ccc(S(=O)(=O)N(CC(=O)N(Cc2cccc(C)c2)C(Cc2ccccc2)C(=O)NC(C)(C)C)c2cccc(Cl)c2)cc1. The topological polar surface area (TPSA) is 96.0 Å². The molecule has 1 unspecified atom stereocenters. The highest BCUT2D eigenvalue weighted by molar-refractivity contribution is 7.92. The van der Waals surface area contributed by atoms with Gasteiger partial charge in [-0.25, -0.2) is 8.42 Å². The van der Waals surface area contributed by atoms with Crippen LogP contribution in [-0.4, -0.2) is 50.4 Å². The fraction of sp³-hybridized carbons (Fsp3) is 0.278. The molecule has 242 valence electrons. The minimum atomic E-state index is -4.27. The van der Waals surface area contributed by atoms with Crippen LogP contribution in [0.3, 0.4) is 0 Å². The maximum Gasteiger partial charge on any atom is 0.264 e. The quantitative estimate of drug-likeness (QED) is 0.189. The van der Waals surface area contributed by atoms with Gasteiger partial charge in [0, 0.05) is 23.5 Å². The zero-order valence-corrected chi connectivity index (χ0v) is 28.3. The molecule has 46 heavy (non-hydrogen) atoms. The van der Waals surface area contributed by atoms with Crippen LogP contribution in [-0.2, 0) is 32.6 Å². The van der Waals surface area contributed by atoms with Gasteiger partial charge in [0.1, 0.15) is 18.3 Å². The maximum absolute atomic E-state index is 14.6. The number of carbonyl (C=O) groups excluding carboxylic acids is 2. The number of nitrogens with one attached hydrogen (secondary N) is 1. The third kappa shape index (κ3) is 9.11. The number of methoxy groups -OCH3 is 1. The average molecular weight is 662 g/mol. The van der Waals surface area contributed by atoms with E-state index >= 15 is 0 Å². The van der Waals surface area contributed by atoms with Gasteiger partial charge in [-0.2, -0.15) is 0 Å². The number of anilines is 1. The van der Waals surface area contributed by atoms with Gasteiger partial charge in [0.2, 0.25) is 11.8 Å². The second-order valence-electron chi connectivity index (χ2n) is 12.1. The molecule has 10 heteroatoms. The monoisotopic (exact) mass is 661 g/mol. The van der Waals surface area contributed by atoms with Crippen molar-refractivity contribution in [3.8, 4) is 5.75 Å². The molecular weight excluding hydrogens is 622 g/mol. The van der Waals surface area contributed by atoms with Crippen LogP contribution in [0.2, 0.25) is 5.02 Å². The molecule has 8 nitrogen and oxygen atoms in total. The van der Waals surface area contributed by atoms with Crippen LogP contribution in [0.1, 0.15) is 37.5 Å². The Hall–Kier alpha value is -4.34. The molecule has 0 fully saturated rings. The third-order valence-electron chi connectivity index (χ3n) is 7.23. The summed E-state index contributed by atoms with van der Waals surface area (Å²) in [7, 11) is -2.78. The average Bonchev–Trinajstić information content (AvgIpc) is 3.01. The number of carbonyl (C=O) groups is 2. The standard InChI is InChI=1S/C36H40ClN3O5S/c1-26-11-9-14-28(21-26)24-39(33(35(42)38-36(2,3)4)22-27-12-7-6-8-13-27)34(41)25-40(30-16-10-15-29(37)23-30)46(43,44)32-19-17-31(45-5)18-20-32/h6-21,23,33H,22,24-25H2,1-5H3,(H,38,42). The number of aryl methyl sites for hydroxylation is 1. The summed E-state index contributed by atoms with van der Waals surface area (Å²) in [6.07, 6.45) is 0.225. The molecule has 0 aliphatic heterocycles. The molecular formula is C36H40ClN3O5S. The van der Waals surface area contributed by atoms with Crippen molar-refractivity contribution < 1.29 is 22.7 Å². The minimum Gasteiger partial charge on any atom is -0.497 e. The van der Waals surface area contributed by atoms with Crippen LogP contribution in [0.5, 0.6) is 5.75 Å². The smallest absolute Gasteiger partial charge is 0.264 e. The molecule has 0 spiro atoms. The fourth-order valence-corrected chi connectivity index (χ4v) is 6.64. The van der Waals surface area contributed by atoms with Crippen LogP contribution in [0.15, 0.2) is 108 Å². The Morgan fingerprint density at radius 1 is 0.870 bits per heavy atom. The summed E-state index contributed by atoms with van der Waals surface area (Å²) in [4.78, 5) is 30.0. The first-order valence-electron chi connectivity index (χ1n) is 14.9.